The Kier molecular flexibility index (Phi) is 6.90. The summed E-state index contributed by atoms with van der Waals surface area (Å²) < 4.78 is 10.6. The predicted molar refractivity (Wildman–Crippen MR) is 107 cm³/mol. The first-order chi connectivity index (χ1) is 13.2. The summed E-state index contributed by atoms with van der Waals surface area (Å²) in [6.07, 6.45) is 3.89. The number of nitrogens with zero attached hydrogens (tertiary/aromatic N) is 2. The lowest BCUT2D eigenvalue weighted by Crippen LogP contribution is -2.41. The number of anilines is 1. The van der Waals surface area contributed by atoms with Crippen molar-refractivity contribution in [2.45, 2.75) is 12.8 Å². The number of amides is 2. The monoisotopic (exact) mass is 371 g/mol. The summed E-state index contributed by atoms with van der Waals surface area (Å²) in [5.74, 6) is 1.34. The van der Waals surface area contributed by atoms with Crippen molar-refractivity contribution in [2.24, 2.45) is 5.92 Å². The molecule has 6 nitrogen and oxygen atoms in total. The molecule has 1 aromatic carbocycles. The zero-order valence-electron chi connectivity index (χ0n) is 16.2. The average molecular weight is 371 g/mol. The number of hydrogen-bond donors (Lipinski definition) is 1. The van der Waals surface area contributed by atoms with Gasteiger partial charge in [-0.3, -0.25) is 0 Å². The first-order valence-corrected chi connectivity index (χ1v) is 9.53. The van der Waals surface area contributed by atoms with Gasteiger partial charge in [-0.2, -0.15) is 0 Å². The fraction of sp³-hybridized carbons (Fsp3) is 0.476. The Morgan fingerprint density at radius 2 is 2.11 bits per heavy atom. The molecule has 0 spiro atoms. The molecule has 27 heavy (non-hydrogen) atoms. The highest BCUT2D eigenvalue weighted by molar-refractivity contribution is 5.89. The van der Waals surface area contributed by atoms with Crippen molar-refractivity contribution in [3.05, 3.63) is 42.7 Å². The molecule has 0 bridgehead atoms. The van der Waals surface area contributed by atoms with E-state index < -0.39 is 0 Å². The fourth-order valence-electron chi connectivity index (χ4n) is 3.50. The van der Waals surface area contributed by atoms with Gasteiger partial charge in [0, 0.05) is 38.5 Å². The topological polar surface area (TPSA) is 58.0 Å². The molecular weight excluding hydrogens is 342 g/mol. The molecule has 0 aliphatic carbocycles. The summed E-state index contributed by atoms with van der Waals surface area (Å²) in [7, 11) is 3.60. The van der Waals surface area contributed by atoms with Crippen LogP contribution in [0.5, 0.6) is 0 Å². The number of likely N-dealkylation sites (tertiary alicyclic amines) is 1. The molecule has 146 valence electrons. The summed E-state index contributed by atoms with van der Waals surface area (Å²) in [6, 6.07) is 11.4. The zero-order valence-corrected chi connectivity index (χ0v) is 16.2. The largest absolute Gasteiger partial charge is 0.464 e. The van der Waals surface area contributed by atoms with Crippen LogP contribution in [0.3, 0.4) is 0 Å². The molecule has 1 aliphatic heterocycles. The lowest BCUT2D eigenvalue weighted by molar-refractivity contribution is 0.113. The van der Waals surface area contributed by atoms with Gasteiger partial charge in [0.25, 0.3) is 0 Å². The van der Waals surface area contributed by atoms with E-state index in [2.05, 4.69) is 10.2 Å². The van der Waals surface area contributed by atoms with Crippen molar-refractivity contribution in [3.8, 4) is 11.3 Å². The molecule has 2 amide bonds. The fourth-order valence-corrected chi connectivity index (χ4v) is 3.50. The second-order valence-corrected chi connectivity index (χ2v) is 7.15. The number of benzene rings is 1. The first-order valence-electron chi connectivity index (χ1n) is 9.53. The molecule has 0 unspecified atom stereocenters. The second kappa shape index (κ2) is 9.58. The third-order valence-corrected chi connectivity index (χ3v) is 5.12. The molecule has 6 heteroatoms. The first kappa shape index (κ1) is 19.5. The van der Waals surface area contributed by atoms with Gasteiger partial charge < -0.3 is 24.3 Å². The summed E-state index contributed by atoms with van der Waals surface area (Å²) in [5.41, 5.74) is 1.72. The van der Waals surface area contributed by atoms with Crippen LogP contribution in [-0.2, 0) is 4.74 Å². The van der Waals surface area contributed by atoms with Crippen LogP contribution in [0.25, 0.3) is 11.3 Å². The number of nitrogens with one attached hydrogen (secondary N) is 1. The second-order valence-electron chi connectivity index (χ2n) is 7.15. The number of carbonyl (C=O) groups is 1. The minimum absolute atomic E-state index is 0.0755. The Morgan fingerprint density at radius 3 is 2.81 bits per heavy atom. The van der Waals surface area contributed by atoms with Crippen LogP contribution in [0.1, 0.15) is 12.8 Å². The van der Waals surface area contributed by atoms with Crippen molar-refractivity contribution < 1.29 is 13.9 Å². The molecule has 2 heterocycles. The maximum Gasteiger partial charge on any atom is 0.321 e. The lowest BCUT2D eigenvalue weighted by Gasteiger charge is -2.33. The molecule has 1 N–H and O–H groups in total. The van der Waals surface area contributed by atoms with Gasteiger partial charge in [-0.25, -0.2) is 4.79 Å². The maximum absolute atomic E-state index is 12.6. The molecule has 0 saturated carbocycles. The van der Waals surface area contributed by atoms with E-state index in [1.54, 1.807) is 18.3 Å². The number of piperidine rings is 1. The van der Waals surface area contributed by atoms with Crippen molar-refractivity contribution in [1.82, 2.24) is 9.80 Å². The molecule has 0 radical (unpaired) electrons. The van der Waals surface area contributed by atoms with Crippen molar-refractivity contribution in [2.75, 3.05) is 52.3 Å². The minimum atomic E-state index is -0.0755. The van der Waals surface area contributed by atoms with Crippen molar-refractivity contribution in [3.63, 3.8) is 0 Å². The van der Waals surface area contributed by atoms with E-state index in [1.807, 2.05) is 43.4 Å². The number of rotatable bonds is 7. The lowest BCUT2D eigenvalue weighted by atomic mass is 9.96. The number of urea groups is 1. The van der Waals surface area contributed by atoms with Crippen molar-refractivity contribution >= 4 is 11.7 Å². The Labute approximate surface area is 161 Å². The Hall–Kier alpha value is -2.31. The quantitative estimate of drug-likeness (QED) is 0.805. The standard InChI is InChI=1S/C21H29N3O3/c1-23(16-17-8-10-24(11-9-17)12-14-26-2)21(25)22-19-6-3-5-18(15-19)20-7-4-13-27-20/h3-7,13,15,17H,8-12,14,16H2,1-2H3,(H,22,25). The highest BCUT2D eigenvalue weighted by Gasteiger charge is 2.22. The highest BCUT2D eigenvalue weighted by Crippen LogP contribution is 2.23. The number of ether oxygens (including phenoxy) is 1. The zero-order chi connectivity index (χ0) is 19.1. The average Bonchev–Trinajstić information content (AvgIpc) is 3.22. The highest BCUT2D eigenvalue weighted by atomic mass is 16.5. The van der Waals surface area contributed by atoms with Gasteiger partial charge in [0.15, 0.2) is 0 Å². The van der Waals surface area contributed by atoms with Crippen molar-refractivity contribution in [1.29, 1.82) is 0 Å². The summed E-state index contributed by atoms with van der Waals surface area (Å²) in [5, 5.41) is 2.99. The number of furan rings is 1. The van der Waals surface area contributed by atoms with Gasteiger partial charge in [-0.15, -0.1) is 0 Å². The van der Waals surface area contributed by atoms with Crippen LogP contribution in [0.2, 0.25) is 0 Å². The third kappa shape index (κ3) is 5.58. The normalized spacial score (nSPS) is 15.6. The van der Waals surface area contributed by atoms with Crippen LogP contribution in [0.4, 0.5) is 10.5 Å². The minimum Gasteiger partial charge on any atom is -0.464 e. The molecule has 2 aromatic rings. The van der Waals surface area contributed by atoms with Crippen LogP contribution in [0.15, 0.2) is 47.1 Å². The van der Waals surface area contributed by atoms with Gasteiger partial charge >= 0.3 is 6.03 Å². The van der Waals surface area contributed by atoms with Crippen LogP contribution in [0, 0.1) is 5.92 Å². The SMILES string of the molecule is COCCN1CCC(CN(C)C(=O)Nc2cccc(-c3ccco3)c2)CC1. The van der Waals surface area contributed by atoms with E-state index in [0.717, 1.165) is 62.6 Å². The van der Waals surface area contributed by atoms with Gasteiger partial charge in [-0.05, 0) is 56.1 Å². The maximum atomic E-state index is 12.6. The Bertz CT molecular complexity index is 709. The molecule has 1 aromatic heterocycles. The summed E-state index contributed by atoms with van der Waals surface area (Å²) in [6.45, 7) is 4.71. The Morgan fingerprint density at radius 1 is 1.30 bits per heavy atom. The van der Waals surface area contributed by atoms with E-state index in [0.29, 0.717) is 5.92 Å². The van der Waals surface area contributed by atoms with Crippen LogP contribution >= 0.6 is 0 Å². The third-order valence-electron chi connectivity index (χ3n) is 5.12. The molecular formula is C21H29N3O3. The number of hydrogen-bond acceptors (Lipinski definition) is 4. The molecule has 1 saturated heterocycles. The van der Waals surface area contributed by atoms with E-state index in [1.165, 1.54) is 0 Å². The summed E-state index contributed by atoms with van der Waals surface area (Å²) >= 11 is 0. The van der Waals surface area contributed by atoms with Gasteiger partial charge in [-0.1, -0.05) is 12.1 Å². The van der Waals surface area contributed by atoms with E-state index in [4.69, 9.17) is 9.15 Å². The van der Waals surface area contributed by atoms with Crippen LogP contribution < -0.4 is 5.32 Å². The Balaban J connectivity index is 1.48. The molecule has 1 aliphatic rings. The van der Waals surface area contributed by atoms with E-state index >= 15 is 0 Å². The smallest absolute Gasteiger partial charge is 0.321 e. The number of carbonyl (C=O) groups excluding carboxylic acids is 1. The molecule has 0 atom stereocenters. The number of methoxy groups -OCH3 is 1. The van der Waals surface area contributed by atoms with E-state index in [-0.39, 0.29) is 6.03 Å². The van der Waals surface area contributed by atoms with Gasteiger partial charge in [0.05, 0.1) is 12.9 Å². The molecule has 3 rings (SSSR count). The van der Waals surface area contributed by atoms with Gasteiger partial charge in [0.1, 0.15) is 5.76 Å². The summed E-state index contributed by atoms with van der Waals surface area (Å²) in [4.78, 5) is 16.8. The molecule has 1 fully saturated rings. The van der Waals surface area contributed by atoms with E-state index in [9.17, 15) is 4.79 Å². The van der Waals surface area contributed by atoms with Gasteiger partial charge in [0.2, 0.25) is 0 Å². The van der Waals surface area contributed by atoms with Crippen LogP contribution in [-0.4, -0.2) is 62.8 Å². The predicted octanol–water partition coefficient (Wildman–Crippen LogP) is 3.77.